The van der Waals surface area contributed by atoms with Crippen LogP contribution in [0.15, 0.2) is 18.2 Å². The van der Waals surface area contributed by atoms with Crippen LogP contribution in [0.1, 0.15) is 10.4 Å². The second-order valence-electron chi connectivity index (χ2n) is 4.00. The number of benzene rings is 1. The molecule has 1 aromatic rings. The first-order valence-corrected chi connectivity index (χ1v) is 5.46. The van der Waals surface area contributed by atoms with Gasteiger partial charge in [-0.05, 0) is 18.2 Å². The van der Waals surface area contributed by atoms with E-state index in [0.29, 0.717) is 0 Å². The molecule has 0 radical (unpaired) electrons. The standard InChI is InChI=1S/C11H11F5N2O3/c12-10(13,5-19)4-18-9(20)6-1-2-8(7(17)3-6)21-11(14,15)16/h1-3,19H,4-5,17H2,(H,18,20). The van der Waals surface area contributed by atoms with Gasteiger partial charge < -0.3 is 20.9 Å². The molecule has 0 aliphatic rings. The Balaban J connectivity index is 2.77. The molecule has 0 aliphatic heterocycles. The Kier molecular flexibility index (Phi) is 4.94. The van der Waals surface area contributed by atoms with E-state index < -0.39 is 42.8 Å². The summed E-state index contributed by atoms with van der Waals surface area (Å²) in [5, 5.41) is 10.1. The van der Waals surface area contributed by atoms with E-state index in [0.717, 1.165) is 18.2 Å². The van der Waals surface area contributed by atoms with Crippen LogP contribution in [0, 0.1) is 0 Å². The maximum atomic E-state index is 12.7. The van der Waals surface area contributed by atoms with Crippen molar-refractivity contribution < 1.29 is 36.6 Å². The lowest BCUT2D eigenvalue weighted by Crippen LogP contribution is -2.39. The monoisotopic (exact) mass is 314 g/mol. The van der Waals surface area contributed by atoms with E-state index in [1.54, 1.807) is 0 Å². The van der Waals surface area contributed by atoms with Crippen LogP contribution in [0.25, 0.3) is 0 Å². The van der Waals surface area contributed by atoms with Crippen LogP contribution < -0.4 is 15.8 Å². The second kappa shape index (κ2) is 6.12. The van der Waals surface area contributed by atoms with Crippen molar-refractivity contribution >= 4 is 11.6 Å². The van der Waals surface area contributed by atoms with Crippen LogP contribution in [-0.2, 0) is 0 Å². The van der Waals surface area contributed by atoms with Gasteiger partial charge in [0.05, 0.1) is 12.2 Å². The molecular weight excluding hydrogens is 303 g/mol. The Morgan fingerprint density at radius 1 is 1.29 bits per heavy atom. The molecule has 118 valence electrons. The van der Waals surface area contributed by atoms with Crippen molar-refractivity contribution in [3.05, 3.63) is 23.8 Å². The zero-order chi connectivity index (χ0) is 16.3. The molecule has 0 bridgehead atoms. The molecule has 0 aromatic heterocycles. The fourth-order valence-corrected chi connectivity index (χ4v) is 1.27. The van der Waals surface area contributed by atoms with Gasteiger partial charge in [0.15, 0.2) is 5.75 Å². The van der Waals surface area contributed by atoms with Crippen molar-refractivity contribution in [2.75, 3.05) is 18.9 Å². The molecule has 10 heteroatoms. The highest BCUT2D eigenvalue weighted by Crippen LogP contribution is 2.28. The van der Waals surface area contributed by atoms with E-state index in [2.05, 4.69) is 4.74 Å². The fourth-order valence-electron chi connectivity index (χ4n) is 1.27. The van der Waals surface area contributed by atoms with Crippen LogP contribution in [0.5, 0.6) is 5.75 Å². The smallest absolute Gasteiger partial charge is 0.404 e. The summed E-state index contributed by atoms with van der Waals surface area (Å²) in [5.41, 5.74) is 4.58. The van der Waals surface area contributed by atoms with Gasteiger partial charge in [-0.15, -0.1) is 13.2 Å². The summed E-state index contributed by atoms with van der Waals surface area (Å²) in [6.07, 6.45) is -4.94. The maximum Gasteiger partial charge on any atom is 0.573 e. The average molecular weight is 314 g/mol. The third-order valence-electron chi connectivity index (χ3n) is 2.24. The van der Waals surface area contributed by atoms with Gasteiger partial charge in [0, 0.05) is 5.56 Å². The Morgan fingerprint density at radius 3 is 2.38 bits per heavy atom. The second-order valence-corrected chi connectivity index (χ2v) is 4.00. The minimum Gasteiger partial charge on any atom is -0.404 e. The number of ether oxygens (including phenoxy) is 1. The molecule has 0 saturated heterocycles. The van der Waals surface area contributed by atoms with Crippen molar-refractivity contribution in [2.45, 2.75) is 12.3 Å². The quantitative estimate of drug-likeness (QED) is 0.568. The van der Waals surface area contributed by atoms with E-state index >= 15 is 0 Å². The number of nitrogens with two attached hydrogens (primary N) is 1. The third-order valence-corrected chi connectivity index (χ3v) is 2.24. The van der Waals surface area contributed by atoms with E-state index in [1.807, 2.05) is 5.32 Å². The lowest BCUT2D eigenvalue weighted by molar-refractivity contribution is -0.274. The first kappa shape index (κ1) is 17.0. The molecule has 0 unspecified atom stereocenters. The SMILES string of the molecule is Nc1cc(C(=O)NCC(F)(F)CO)ccc1OC(F)(F)F. The highest BCUT2D eigenvalue weighted by atomic mass is 19.4. The molecule has 1 aromatic carbocycles. The number of anilines is 1. The van der Waals surface area contributed by atoms with Crippen molar-refractivity contribution in [1.29, 1.82) is 0 Å². The summed E-state index contributed by atoms with van der Waals surface area (Å²) < 4.78 is 65.1. The van der Waals surface area contributed by atoms with Crippen molar-refractivity contribution in [2.24, 2.45) is 0 Å². The van der Waals surface area contributed by atoms with Gasteiger partial charge in [0.2, 0.25) is 0 Å². The van der Waals surface area contributed by atoms with E-state index in [9.17, 15) is 26.7 Å². The number of rotatable bonds is 5. The number of halogens is 5. The Labute approximate surface area is 115 Å². The van der Waals surface area contributed by atoms with Gasteiger partial charge in [-0.3, -0.25) is 4.79 Å². The molecule has 0 saturated carbocycles. The maximum absolute atomic E-state index is 12.7. The molecule has 1 rings (SSSR count). The molecule has 0 heterocycles. The number of hydrogen-bond donors (Lipinski definition) is 3. The molecule has 4 N–H and O–H groups in total. The number of nitrogen functional groups attached to an aromatic ring is 1. The lowest BCUT2D eigenvalue weighted by Gasteiger charge is -2.15. The predicted octanol–water partition coefficient (Wildman–Crippen LogP) is 1.52. The summed E-state index contributed by atoms with van der Waals surface area (Å²) in [6, 6.07) is 2.58. The predicted molar refractivity (Wildman–Crippen MR) is 61.9 cm³/mol. The van der Waals surface area contributed by atoms with Crippen LogP contribution in [-0.4, -0.2) is 36.5 Å². The van der Waals surface area contributed by atoms with Gasteiger partial charge in [-0.2, -0.15) is 0 Å². The topological polar surface area (TPSA) is 84.6 Å². The Hall–Kier alpha value is -2.10. The van der Waals surface area contributed by atoms with Crippen LogP contribution >= 0.6 is 0 Å². The number of nitrogens with one attached hydrogen (secondary N) is 1. The minimum absolute atomic E-state index is 0.226. The number of aliphatic hydroxyl groups excluding tert-OH is 1. The summed E-state index contributed by atoms with van der Waals surface area (Å²) in [4.78, 5) is 11.5. The summed E-state index contributed by atoms with van der Waals surface area (Å²) >= 11 is 0. The molecule has 5 nitrogen and oxygen atoms in total. The third kappa shape index (κ3) is 5.42. The zero-order valence-electron chi connectivity index (χ0n) is 10.4. The summed E-state index contributed by atoms with van der Waals surface area (Å²) in [6.45, 7) is -2.57. The molecule has 0 atom stereocenters. The van der Waals surface area contributed by atoms with Crippen molar-refractivity contribution in [3.63, 3.8) is 0 Å². The average Bonchev–Trinajstić information content (AvgIpc) is 2.37. The van der Waals surface area contributed by atoms with Gasteiger partial charge in [-0.25, -0.2) is 8.78 Å². The van der Waals surface area contributed by atoms with E-state index in [-0.39, 0.29) is 5.56 Å². The number of aliphatic hydroxyl groups is 1. The highest BCUT2D eigenvalue weighted by Gasteiger charge is 2.32. The molecule has 21 heavy (non-hydrogen) atoms. The van der Waals surface area contributed by atoms with Crippen LogP contribution in [0.4, 0.5) is 27.6 Å². The highest BCUT2D eigenvalue weighted by molar-refractivity contribution is 5.95. The van der Waals surface area contributed by atoms with Crippen molar-refractivity contribution in [1.82, 2.24) is 5.32 Å². The number of amides is 1. The Bertz CT molecular complexity index is 519. The summed E-state index contributed by atoms with van der Waals surface area (Å²) in [7, 11) is 0. The largest absolute Gasteiger partial charge is 0.573 e. The van der Waals surface area contributed by atoms with Crippen LogP contribution in [0.2, 0.25) is 0 Å². The normalized spacial score (nSPS) is 12.1. The Morgan fingerprint density at radius 2 is 1.90 bits per heavy atom. The summed E-state index contributed by atoms with van der Waals surface area (Å²) in [5.74, 6) is -5.19. The fraction of sp³-hybridized carbons (Fsp3) is 0.364. The van der Waals surface area contributed by atoms with E-state index in [4.69, 9.17) is 10.8 Å². The molecular formula is C11H11F5N2O3. The van der Waals surface area contributed by atoms with Crippen LogP contribution in [0.3, 0.4) is 0 Å². The molecule has 0 aliphatic carbocycles. The van der Waals surface area contributed by atoms with Crippen molar-refractivity contribution in [3.8, 4) is 5.75 Å². The number of carbonyl (C=O) groups excluding carboxylic acids is 1. The minimum atomic E-state index is -4.94. The molecule has 0 fully saturated rings. The number of alkyl halides is 5. The first-order valence-electron chi connectivity index (χ1n) is 5.46. The van der Waals surface area contributed by atoms with Gasteiger partial charge in [0.25, 0.3) is 11.8 Å². The van der Waals surface area contributed by atoms with Gasteiger partial charge in [0.1, 0.15) is 6.61 Å². The number of hydrogen-bond acceptors (Lipinski definition) is 4. The van der Waals surface area contributed by atoms with Gasteiger partial charge in [-0.1, -0.05) is 0 Å². The molecule has 1 amide bonds. The zero-order valence-corrected chi connectivity index (χ0v) is 10.4. The first-order chi connectivity index (χ1) is 9.54. The van der Waals surface area contributed by atoms with Gasteiger partial charge >= 0.3 is 6.36 Å². The number of carbonyl (C=O) groups is 1. The van der Waals surface area contributed by atoms with E-state index in [1.165, 1.54) is 0 Å². The lowest BCUT2D eigenvalue weighted by atomic mass is 10.1. The molecule has 0 spiro atoms.